The summed E-state index contributed by atoms with van der Waals surface area (Å²) in [5.41, 5.74) is 6.97. The second-order valence-corrected chi connectivity index (χ2v) is 10.8. The summed E-state index contributed by atoms with van der Waals surface area (Å²) in [5, 5.41) is 13.5. The lowest BCUT2D eigenvalue weighted by Crippen LogP contribution is -2.27. The first-order valence-electron chi connectivity index (χ1n) is 13.1. The molecular weight excluding hydrogens is 524 g/mol. The highest BCUT2D eigenvalue weighted by Crippen LogP contribution is 2.33. The molecule has 0 unspecified atom stereocenters. The normalized spacial score (nSPS) is 17.4. The molecule has 4 aromatic heterocycles. The van der Waals surface area contributed by atoms with E-state index < -0.39 is 0 Å². The van der Waals surface area contributed by atoms with Crippen molar-refractivity contribution in [2.24, 2.45) is 13.0 Å². The van der Waals surface area contributed by atoms with Gasteiger partial charge in [-0.25, -0.2) is 4.98 Å². The van der Waals surface area contributed by atoms with Crippen molar-refractivity contribution in [3.05, 3.63) is 82.1 Å². The summed E-state index contributed by atoms with van der Waals surface area (Å²) in [6.45, 7) is 3.93. The van der Waals surface area contributed by atoms with Gasteiger partial charge >= 0.3 is 0 Å². The van der Waals surface area contributed by atoms with E-state index in [1.807, 2.05) is 56.6 Å². The lowest BCUT2D eigenvalue weighted by Gasteiger charge is -2.22. The summed E-state index contributed by atoms with van der Waals surface area (Å²) in [6, 6.07) is 11.1. The molecule has 0 radical (unpaired) electrons. The molecule has 0 spiro atoms. The number of aromatic nitrogens is 7. The number of amides is 1. The van der Waals surface area contributed by atoms with Crippen molar-refractivity contribution in [2.75, 3.05) is 5.32 Å². The molecule has 6 rings (SSSR count). The lowest BCUT2D eigenvalue weighted by molar-refractivity contribution is -0.119. The highest BCUT2D eigenvalue weighted by atomic mass is 32.1. The predicted molar refractivity (Wildman–Crippen MR) is 154 cm³/mol. The Morgan fingerprint density at radius 3 is 2.70 bits per heavy atom. The minimum Gasteiger partial charge on any atom is -0.323 e. The van der Waals surface area contributed by atoms with Gasteiger partial charge in [0.2, 0.25) is 5.91 Å². The van der Waals surface area contributed by atoms with Crippen molar-refractivity contribution >= 4 is 23.1 Å². The first-order chi connectivity index (χ1) is 19.4. The molecule has 10 nitrogen and oxygen atoms in total. The molecule has 2 bridgehead atoms. The van der Waals surface area contributed by atoms with Gasteiger partial charge in [0.15, 0.2) is 0 Å². The number of anilines is 1. The van der Waals surface area contributed by atoms with E-state index >= 15 is 0 Å². The number of benzene rings is 1. The zero-order valence-corrected chi connectivity index (χ0v) is 23.2. The van der Waals surface area contributed by atoms with Crippen molar-refractivity contribution in [3.63, 3.8) is 0 Å². The smallest absolute Gasteiger partial charge is 0.254 e. The average Bonchev–Trinajstić information content (AvgIpc) is 3.61. The fourth-order valence-corrected chi connectivity index (χ4v) is 5.71. The number of hydrogen-bond donors (Lipinski definition) is 1. The van der Waals surface area contributed by atoms with Crippen molar-refractivity contribution in [1.82, 2.24) is 33.9 Å². The number of aryl methyl sites for hydroxylation is 2. The maximum atomic E-state index is 13.7. The van der Waals surface area contributed by atoms with Crippen LogP contribution in [0.3, 0.4) is 0 Å². The number of nitrogens with one attached hydrogen (secondary N) is 1. The third kappa shape index (κ3) is 4.84. The Hall–Kier alpha value is -4.51. The maximum Gasteiger partial charge on any atom is 0.254 e. The first kappa shape index (κ1) is 25.8. The molecule has 40 heavy (non-hydrogen) atoms. The minimum absolute atomic E-state index is 0.0480. The molecule has 1 amide bonds. The highest BCUT2D eigenvalue weighted by molar-refractivity contribution is 7.03. The van der Waals surface area contributed by atoms with E-state index in [4.69, 9.17) is 4.98 Å². The molecule has 2 atom stereocenters. The molecule has 0 saturated carbocycles. The van der Waals surface area contributed by atoms with E-state index in [1.54, 1.807) is 34.0 Å². The second kappa shape index (κ2) is 10.6. The third-order valence-electron chi connectivity index (χ3n) is 7.41. The number of hydrogen-bond acceptors (Lipinski definition) is 8. The Morgan fingerprint density at radius 2 is 1.90 bits per heavy atom. The Kier molecular flexibility index (Phi) is 6.81. The molecule has 1 aliphatic rings. The highest BCUT2D eigenvalue weighted by Gasteiger charge is 2.24. The van der Waals surface area contributed by atoms with E-state index in [1.165, 1.54) is 11.5 Å². The molecule has 0 fully saturated rings. The van der Waals surface area contributed by atoms with E-state index in [2.05, 4.69) is 25.0 Å². The Morgan fingerprint density at radius 1 is 1.02 bits per heavy atom. The summed E-state index contributed by atoms with van der Waals surface area (Å²) in [5.74, 6) is -0.246. The van der Waals surface area contributed by atoms with E-state index in [-0.39, 0.29) is 23.4 Å². The van der Waals surface area contributed by atoms with Crippen LogP contribution < -0.4 is 10.9 Å². The molecule has 5 heterocycles. The van der Waals surface area contributed by atoms with Crippen molar-refractivity contribution < 1.29 is 4.79 Å². The van der Waals surface area contributed by atoms with Gasteiger partial charge in [-0.15, -0.1) is 5.10 Å². The van der Waals surface area contributed by atoms with Crippen LogP contribution >= 0.6 is 11.5 Å². The van der Waals surface area contributed by atoms with E-state index in [9.17, 15) is 9.59 Å². The fourth-order valence-electron chi connectivity index (χ4n) is 5.25. The van der Waals surface area contributed by atoms with Gasteiger partial charge in [-0.05, 0) is 49.5 Å². The summed E-state index contributed by atoms with van der Waals surface area (Å²) >= 11 is 1.28. The third-order valence-corrected chi connectivity index (χ3v) is 7.92. The van der Waals surface area contributed by atoms with Crippen LogP contribution in [0, 0.1) is 12.8 Å². The SMILES string of the molecule is Cc1ccc(-c2csnn2)c(-c2cc(=O)n([C@H]3CCC[C@@H](C)C(=O)Nc4cnn(C)c4-c4ccnc3c4)cn2)c1. The topological polar surface area (TPSA) is 120 Å². The number of rotatable bonds is 3. The standard InChI is InChI=1S/C29H28N8O2S/c1-17-7-8-20(25-15-40-35-34-25)21(11-17)22-13-27(38)37(16-31-22)26-6-4-5-18(2)29(39)33-24-14-32-36(3)28(24)19-9-10-30-23(26)12-19/h7-16,18,26H,4-6H2,1-3H3,(H,33,39)/t18-,26+/m1/s1. The summed E-state index contributed by atoms with van der Waals surface area (Å²) in [6.07, 6.45) is 7.05. The lowest BCUT2D eigenvalue weighted by atomic mass is 9.96. The molecule has 1 aliphatic heterocycles. The van der Waals surface area contributed by atoms with Gasteiger partial charge in [0.05, 0.1) is 41.3 Å². The van der Waals surface area contributed by atoms with Gasteiger partial charge in [-0.2, -0.15) is 5.10 Å². The number of fused-ring (bicyclic) bond motifs is 4. The minimum atomic E-state index is -0.347. The van der Waals surface area contributed by atoms with Crippen LogP contribution in [0.1, 0.15) is 43.5 Å². The first-order valence-corrected chi connectivity index (χ1v) is 14.0. The van der Waals surface area contributed by atoms with Crippen LogP contribution in [-0.2, 0) is 11.8 Å². The van der Waals surface area contributed by atoms with Crippen LogP contribution in [0.5, 0.6) is 0 Å². The van der Waals surface area contributed by atoms with Crippen LogP contribution in [0.2, 0.25) is 0 Å². The van der Waals surface area contributed by atoms with Crippen LogP contribution in [0.15, 0.2) is 65.3 Å². The van der Waals surface area contributed by atoms with Crippen molar-refractivity contribution in [3.8, 4) is 33.8 Å². The summed E-state index contributed by atoms with van der Waals surface area (Å²) < 4.78 is 7.38. The van der Waals surface area contributed by atoms with E-state index in [0.717, 1.165) is 45.8 Å². The van der Waals surface area contributed by atoms with Crippen LogP contribution in [-0.4, -0.2) is 39.8 Å². The van der Waals surface area contributed by atoms with Crippen molar-refractivity contribution in [2.45, 2.75) is 39.2 Å². The molecule has 1 aromatic carbocycles. The monoisotopic (exact) mass is 552 g/mol. The summed E-state index contributed by atoms with van der Waals surface area (Å²) in [4.78, 5) is 36.0. The second-order valence-electron chi connectivity index (χ2n) is 10.2. The Bertz CT molecular complexity index is 1760. The largest absolute Gasteiger partial charge is 0.323 e. The van der Waals surface area contributed by atoms with Crippen LogP contribution in [0.25, 0.3) is 33.8 Å². The van der Waals surface area contributed by atoms with Crippen LogP contribution in [0.4, 0.5) is 5.69 Å². The molecule has 11 heteroatoms. The molecular formula is C29H28N8O2S. The molecule has 0 saturated heterocycles. The number of pyridine rings is 1. The van der Waals surface area contributed by atoms with E-state index in [0.29, 0.717) is 24.2 Å². The van der Waals surface area contributed by atoms with Gasteiger partial charge in [0, 0.05) is 47.3 Å². The van der Waals surface area contributed by atoms with Gasteiger partial charge in [-0.1, -0.05) is 35.5 Å². The summed E-state index contributed by atoms with van der Waals surface area (Å²) in [7, 11) is 1.84. The van der Waals surface area contributed by atoms with Gasteiger partial charge in [0.1, 0.15) is 5.69 Å². The maximum absolute atomic E-state index is 13.7. The quantitative estimate of drug-likeness (QED) is 0.339. The molecule has 0 aliphatic carbocycles. The Balaban J connectivity index is 1.44. The van der Waals surface area contributed by atoms with Gasteiger partial charge in [0.25, 0.3) is 5.56 Å². The zero-order chi connectivity index (χ0) is 27.8. The van der Waals surface area contributed by atoms with Gasteiger partial charge in [-0.3, -0.25) is 23.8 Å². The molecule has 1 N–H and O–H groups in total. The Labute approximate surface area is 234 Å². The predicted octanol–water partition coefficient (Wildman–Crippen LogP) is 4.88. The fraction of sp³-hybridized carbons (Fsp3) is 0.276. The number of carbonyl (C=O) groups excluding carboxylic acids is 1. The zero-order valence-electron chi connectivity index (χ0n) is 22.4. The van der Waals surface area contributed by atoms with Gasteiger partial charge < -0.3 is 5.32 Å². The molecule has 5 aromatic rings. The van der Waals surface area contributed by atoms with Crippen molar-refractivity contribution in [1.29, 1.82) is 0 Å². The number of carbonyl (C=O) groups is 1. The average molecular weight is 553 g/mol. The molecule has 202 valence electrons. The number of nitrogens with zero attached hydrogens (tertiary/aromatic N) is 7.